The summed E-state index contributed by atoms with van der Waals surface area (Å²) in [5.74, 6) is 2.26. The second kappa shape index (κ2) is 9.07. The Morgan fingerprint density at radius 3 is 2.60 bits per heavy atom. The van der Waals surface area contributed by atoms with Crippen LogP contribution >= 0.6 is 0 Å². The predicted octanol–water partition coefficient (Wildman–Crippen LogP) is 3.87. The average molecular weight is 406 g/mol. The molecule has 6 heteroatoms. The molecule has 3 N–H and O–H groups in total. The lowest BCUT2D eigenvalue weighted by atomic mass is 10.1. The zero-order valence-corrected chi connectivity index (χ0v) is 17.1. The molecule has 156 valence electrons. The molecule has 0 bridgehead atoms. The van der Waals surface area contributed by atoms with Crippen LogP contribution < -0.4 is 19.5 Å². The fraction of sp³-hybridized carbons (Fsp3) is 0.250. The van der Waals surface area contributed by atoms with Crippen LogP contribution in [0, 0.1) is 0 Å². The molecule has 1 atom stereocenters. The summed E-state index contributed by atoms with van der Waals surface area (Å²) in [4.78, 5) is 3.40. The van der Waals surface area contributed by atoms with Crippen LogP contribution in [0.15, 0.2) is 60.7 Å². The minimum atomic E-state index is -0.644. The van der Waals surface area contributed by atoms with Crippen LogP contribution in [0.1, 0.15) is 5.56 Å². The molecule has 0 aliphatic carbocycles. The molecule has 0 spiro atoms. The molecule has 30 heavy (non-hydrogen) atoms. The van der Waals surface area contributed by atoms with Gasteiger partial charge < -0.3 is 29.6 Å². The summed E-state index contributed by atoms with van der Waals surface area (Å²) >= 11 is 0. The zero-order valence-electron chi connectivity index (χ0n) is 17.1. The van der Waals surface area contributed by atoms with Crippen molar-refractivity contribution in [1.29, 1.82) is 0 Å². The summed E-state index contributed by atoms with van der Waals surface area (Å²) in [6.45, 7) is 1.17. The standard InChI is InChI=1S/C24H26N2O4/c1-28-18-11-10-16(23(12-18)29-2)13-25-14-17(27)15-30-22-9-5-8-21-24(22)19-6-3-4-7-20(19)26-21/h3-12,17,25-27H,13-15H2,1-2H3. The molecule has 0 aliphatic heterocycles. The van der Waals surface area contributed by atoms with Crippen molar-refractivity contribution in [2.75, 3.05) is 27.4 Å². The van der Waals surface area contributed by atoms with Gasteiger partial charge in [-0.25, -0.2) is 0 Å². The van der Waals surface area contributed by atoms with Crippen LogP contribution in [-0.4, -0.2) is 43.6 Å². The first kappa shape index (κ1) is 20.1. The second-order valence-corrected chi connectivity index (χ2v) is 7.12. The molecular formula is C24H26N2O4. The van der Waals surface area contributed by atoms with Crippen LogP contribution in [0.5, 0.6) is 17.2 Å². The number of hydrogen-bond acceptors (Lipinski definition) is 5. The molecule has 4 aromatic rings. The van der Waals surface area contributed by atoms with Gasteiger partial charge in [-0.1, -0.05) is 30.3 Å². The smallest absolute Gasteiger partial charge is 0.129 e. The molecule has 6 nitrogen and oxygen atoms in total. The van der Waals surface area contributed by atoms with Crippen LogP contribution in [0.3, 0.4) is 0 Å². The summed E-state index contributed by atoms with van der Waals surface area (Å²) < 4.78 is 16.6. The van der Waals surface area contributed by atoms with E-state index in [1.165, 1.54) is 0 Å². The number of fused-ring (bicyclic) bond motifs is 3. The number of nitrogens with one attached hydrogen (secondary N) is 2. The molecule has 1 aromatic heterocycles. The number of aliphatic hydroxyl groups is 1. The van der Waals surface area contributed by atoms with Crippen LogP contribution in [0.25, 0.3) is 21.8 Å². The minimum Gasteiger partial charge on any atom is -0.497 e. The van der Waals surface area contributed by atoms with Gasteiger partial charge in [-0.05, 0) is 24.3 Å². The highest BCUT2D eigenvalue weighted by Crippen LogP contribution is 2.33. The second-order valence-electron chi connectivity index (χ2n) is 7.12. The van der Waals surface area contributed by atoms with E-state index in [0.29, 0.717) is 13.1 Å². The highest BCUT2D eigenvalue weighted by molar-refractivity contribution is 6.10. The van der Waals surface area contributed by atoms with E-state index >= 15 is 0 Å². The third-order valence-electron chi connectivity index (χ3n) is 5.11. The molecule has 1 heterocycles. The first-order chi connectivity index (χ1) is 14.7. The molecule has 0 aliphatic rings. The minimum absolute atomic E-state index is 0.200. The fourth-order valence-corrected chi connectivity index (χ4v) is 3.60. The maximum Gasteiger partial charge on any atom is 0.129 e. The molecule has 0 amide bonds. The Bertz CT molecular complexity index is 1140. The number of aromatic nitrogens is 1. The predicted molar refractivity (Wildman–Crippen MR) is 119 cm³/mol. The maximum absolute atomic E-state index is 10.4. The summed E-state index contributed by atoms with van der Waals surface area (Å²) in [5.41, 5.74) is 3.09. The van der Waals surface area contributed by atoms with Crippen LogP contribution in [0.4, 0.5) is 0 Å². The van der Waals surface area contributed by atoms with Crippen molar-refractivity contribution in [3.8, 4) is 17.2 Å². The Morgan fingerprint density at radius 2 is 1.77 bits per heavy atom. The highest BCUT2D eigenvalue weighted by Gasteiger charge is 2.12. The Morgan fingerprint density at radius 1 is 0.933 bits per heavy atom. The lowest BCUT2D eigenvalue weighted by Crippen LogP contribution is -2.31. The third kappa shape index (κ3) is 4.20. The van der Waals surface area contributed by atoms with E-state index in [2.05, 4.69) is 16.4 Å². The van der Waals surface area contributed by atoms with Crippen molar-refractivity contribution in [3.63, 3.8) is 0 Å². The Labute approximate surface area is 175 Å². The monoisotopic (exact) mass is 406 g/mol. The average Bonchev–Trinajstić information content (AvgIpc) is 3.17. The number of rotatable bonds is 9. The molecule has 0 fully saturated rings. The Hall–Kier alpha value is -3.22. The first-order valence-corrected chi connectivity index (χ1v) is 9.91. The van der Waals surface area contributed by atoms with Gasteiger partial charge in [0.15, 0.2) is 0 Å². The summed E-state index contributed by atoms with van der Waals surface area (Å²) in [6.07, 6.45) is -0.644. The van der Waals surface area contributed by atoms with Gasteiger partial charge in [-0.2, -0.15) is 0 Å². The molecular weight excluding hydrogens is 380 g/mol. The van der Waals surface area contributed by atoms with Gasteiger partial charge in [0.25, 0.3) is 0 Å². The molecule has 1 unspecified atom stereocenters. The Balaban J connectivity index is 1.36. The van der Waals surface area contributed by atoms with Crippen molar-refractivity contribution < 1.29 is 19.3 Å². The van der Waals surface area contributed by atoms with E-state index in [4.69, 9.17) is 14.2 Å². The van der Waals surface area contributed by atoms with E-state index in [9.17, 15) is 5.11 Å². The van der Waals surface area contributed by atoms with Gasteiger partial charge in [-0.3, -0.25) is 0 Å². The highest BCUT2D eigenvalue weighted by atomic mass is 16.5. The maximum atomic E-state index is 10.4. The van der Waals surface area contributed by atoms with E-state index < -0.39 is 6.10 Å². The number of ether oxygens (including phenoxy) is 3. The first-order valence-electron chi connectivity index (χ1n) is 9.91. The van der Waals surface area contributed by atoms with Gasteiger partial charge in [0.1, 0.15) is 30.0 Å². The number of para-hydroxylation sites is 1. The molecule has 3 aromatic carbocycles. The van der Waals surface area contributed by atoms with Gasteiger partial charge in [0.05, 0.1) is 19.7 Å². The van der Waals surface area contributed by atoms with Crippen LogP contribution in [0.2, 0.25) is 0 Å². The summed E-state index contributed by atoms with van der Waals surface area (Å²) in [6, 6.07) is 19.7. The Kier molecular flexibility index (Phi) is 6.07. The van der Waals surface area contributed by atoms with Gasteiger partial charge in [0.2, 0.25) is 0 Å². The van der Waals surface area contributed by atoms with Crippen LogP contribution in [-0.2, 0) is 6.54 Å². The van der Waals surface area contributed by atoms with Crippen molar-refractivity contribution in [1.82, 2.24) is 10.3 Å². The number of methoxy groups -OCH3 is 2. The number of benzene rings is 3. The number of aromatic amines is 1. The molecule has 0 saturated heterocycles. The molecule has 0 saturated carbocycles. The lowest BCUT2D eigenvalue weighted by Gasteiger charge is -2.15. The fourth-order valence-electron chi connectivity index (χ4n) is 3.60. The van der Waals surface area contributed by atoms with E-state index in [1.807, 2.05) is 54.6 Å². The SMILES string of the molecule is COc1ccc(CNCC(O)COc2cccc3[nH]c4ccccc4c23)c(OC)c1. The third-order valence-corrected chi connectivity index (χ3v) is 5.11. The van der Waals surface area contributed by atoms with Crippen molar-refractivity contribution in [3.05, 3.63) is 66.2 Å². The van der Waals surface area contributed by atoms with Gasteiger partial charge in [0, 0.05) is 41.0 Å². The molecule has 0 radical (unpaired) electrons. The van der Waals surface area contributed by atoms with Gasteiger partial charge in [-0.15, -0.1) is 0 Å². The number of H-pyrrole nitrogens is 1. The summed E-state index contributed by atoms with van der Waals surface area (Å²) in [5, 5.41) is 15.8. The quantitative estimate of drug-likeness (QED) is 0.393. The number of aliphatic hydroxyl groups excluding tert-OH is 1. The topological polar surface area (TPSA) is 75.7 Å². The number of hydrogen-bond donors (Lipinski definition) is 3. The summed E-state index contributed by atoms with van der Waals surface area (Å²) in [7, 11) is 3.26. The van der Waals surface area contributed by atoms with E-state index in [0.717, 1.165) is 44.6 Å². The lowest BCUT2D eigenvalue weighted by molar-refractivity contribution is 0.107. The van der Waals surface area contributed by atoms with E-state index in [1.54, 1.807) is 14.2 Å². The normalized spacial score (nSPS) is 12.2. The zero-order chi connectivity index (χ0) is 20.9. The van der Waals surface area contributed by atoms with Crippen molar-refractivity contribution >= 4 is 21.8 Å². The van der Waals surface area contributed by atoms with Crippen molar-refractivity contribution in [2.24, 2.45) is 0 Å². The van der Waals surface area contributed by atoms with E-state index in [-0.39, 0.29) is 6.61 Å². The molecule has 4 rings (SSSR count). The van der Waals surface area contributed by atoms with Crippen molar-refractivity contribution in [2.45, 2.75) is 12.6 Å². The van der Waals surface area contributed by atoms with Gasteiger partial charge >= 0.3 is 0 Å². The largest absolute Gasteiger partial charge is 0.497 e.